The minimum atomic E-state index is -0.495. The fourth-order valence-corrected chi connectivity index (χ4v) is 3.28. The third-order valence-corrected chi connectivity index (χ3v) is 4.32. The molecule has 1 aromatic rings. The lowest BCUT2D eigenvalue weighted by Crippen LogP contribution is -2.49. The number of carbonyl (C=O) groups excluding carboxylic acids is 2. The number of rotatable bonds is 5. The number of hydrogen-bond donors (Lipinski definition) is 2. The van der Waals surface area contributed by atoms with E-state index in [1.54, 1.807) is 4.90 Å². The molecule has 0 unspecified atom stereocenters. The molecule has 1 fully saturated rings. The van der Waals surface area contributed by atoms with Gasteiger partial charge in [0.2, 0.25) is 5.91 Å². The number of nitrogens with two attached hydrogens (primary N) is 1. The molecule has 2 rings (SSSR count). The van der Waals surface area contributed by atoms with Crippen molar-refractivity contribution < 1.29 is 9.59 Å². The highest BCUT2D eigenvalue weighted by Gasteiger charge is 2.30. The van der Waals surface area contributed by atoms with Gasteiger partial charge in [-0.2, -0.15) is 0 Å². The van der Waals surface area contributed by atoms with Crippen LogP contribution in [-0.4, -0.2) is 52.0 Å². The van der Waals surface area contributed by atoms with Gasteiger partial charge in [-0.3, -0.25) is 9.59 Å². The topological polar surface area (TPSA) is 101 Å². The molecule has 1 saturated heterocycles. The molecule has 3 N–H and O–H groups in total. The molecular formula is C13H21N5O2S. The van der Waals surface area contributed by atoms with Crippen LogP contribution < -0.4 is 11.1 Å². The van der Waals surface area contributed by atoms with Crippen LogP contribution in [-0.2, 0) is 4.79 Å². The third kappa shape index (κ3) is 3.76. The van der Waals surface area contributed by atoms with Crippen LogP contribution in [0.25, 0.3) is 0 Å². The molecule has 2 heterocycles. The predicted molar refractivity (Wildman–Crippen MR) is 80.1 cm³/mol. The van der Waals surface area contributed by atoms with Crippen LogP contribution in [0.15, 0.2) is 0 Å². The minimum Gasteiger partial charge on any atom is -0.368 e. The van der Waals surface area contributed by atoms with Crippen molar-refractivity contribution in [2.24, 2.45) is 5.73 Å². The van der Waals surface area contributed by atoms with Crippen molar-refractivity contribution in [1.29, 1.82) is 0 Å². The van der Waals surface area contributed by atoms with Crippen LogP contribution in [0.4, 0.5) is 0 Å². The van der Waals surface area contributed by atoms with E-state index in [0.29, 0.717) is 10.6 Å². The van der Waals surface area contributed by atoms with E-state index in [-0.39, 0.29) is 24.4 Å². The number of primary amides is 1. The summed E-state index contributed by atoms with van der Waals surface area (Å²) in [5.41, 5.74) is 6.00. The molecule has 0 spiro atoms. The number of aromatic nitrogens is 2. The second-order valence-corrected chi connectivity index (χ2v) is 6.28. The zero-order valence-corrected chi connectivity index (χ0v) is 13.2. The SMILES string of the molecule is CC(C)c1nnsc1C(=O)N(CC(N)=O)C1CCNCC1. The standard InChI is InChI=1S/C13H21N5O2S/c1-8(2)11-12(21-17-16-11)13(20)18(7-10(14)19)9-3-5-15-6-4-9/h8-9,15H,3-7H2,1-2H3,(H2,14,19). The van der Waals surface area contributed by atoms with Gasteiger partial charge >= 0.3 is 0 Å². The van der Waals surface area contributed by atoms with Crippen molar-refractivity contribution in [3.05, 3.63) is 10.6 Å². The van der Waals surface area contributed by atoms with Gasteiger partial charge in [0.1, 0.15) is 4.88 Å². The molecule has 0 bridgehead atoms. The Morgan fingerprint density at radius 2 is 2.10 bits per heavy atom. The molecule has 0 radical (unpaired) electrons. The average Bonchev–Trinajstić information content (AvgIpc) is 2.94. The Morgan fingerprint density at radius 3 is 2.67 bits per heavy atom. The first-order chi connectivity index (χ1) is 10.0. The largest absolute Gasteiger partial charge is 0.368 e. The fraction of sp³-hybridized carbons (Fsp3) is 0.692. The number of nitrogens with one attached hydrogen (secondary N) is 1. The Kier molecular flexibility index (Phi) is 5.24. The monoisotopic (exact) mass is 311 g/mol. The summed E-state index contributed by atoms with van der Waals surface area (Å²) in [6.07, 6.45) is 1.64. The van der Waals surface area contributed by atoms with Gasteiger partial charge in [-0.1, -0.05) is 18.3 Å². The lowest BCUT2D eigenvalue weighted by atomic mass is 10.0. The summed E-state index contributed by atoms with van der Waals surface area (Å²) in [4.78, 5) is 26.2. The summed E-state index contributed by atoms with van der Waals surface area (Å²) in [6.45, 7) is 5.56. The van der Waals surface area contributed by atoms with Gasteiger partial charge in [-0.05, 0) is 43.4 Å². The normalized spacial score (nSPS) is 16.1. The van der Waals surface area contributed by atoms with E-state index >= 15 is 0 Å². The summed E-state index contributed by atoms with van der Waals surface area (Å²) in [7, 11) is 0. The highest BCUT2D eigenvalue weighted by molar-refractivity contribution is 7.08. The van der Waals surface area contributed by atoms with Gasteiger partial charge in [-0.25, -0.2) is 0 Å². The Hall–Kier alpha value is -1.54. The summed E-state index contributed by atoms with van der Waals surface area (Å²) >= 11 is 1.09. The highest BCUT2D eigenvalue weighted by Crippen LogP contribution is 2.23. The van der Waals surface area contributed by atoms with Crippen molar-refractivity contribution in [2.75, 3.05) is 19.6 Å². The molecule has 116 valence electrons. The van der Waals surface area contributed by atoms with E-state index in [0.717, 1.165) is 37.5 Å². The smallest absolute Gasteiger partial charge is 0.268 e. The van der Waals surface area contributed by atoms with Crippen LogP contribution in [0.1, 0.15) is 48.0 Å². The zero-order chi connectivity index (χ0) is 15.4. The number of hydrogen-bond acceptors (Lipinski definition) is 6. The predicted octanol–water partition coefficient (Wildman–Crippen LogP) is 0.341. The van der Waals surface area contributed by atoms with Crippen LogP contribution >= 0.6 is 11.5 Å². The lowest BCUT2D eigenvalue weighted by Gasteiger charge is -2.33. The van der Waals surface area contributed by atoms with Crippen molar-refractivity contribution in [3.8, 4) is 0 Å². The first kappa shape index (κ1) is 15.8. The lowest BCUT2D eigenvalue weighted by molar-refractivity contribution is -0.119. The molecule has 8 heteroatoms. The molecule has 2 amide bonds. The van der Waals surface area contributed by atoms with Crippen molar-refractivity contribution in [3.63, 3.8) is 0 Å². The maximum atomic E-state index is 12.8. The van der Waals surface area contributed by atoms with Crippen molar-refractivity contribution in [2.45, 2.75) is 38.6 Å². The fourth-order valence-electron chi connectivity index (χ4n) is 2.51. The second kappa shape index (κ2) is 6.95. The quantitative estimate of drug-likeness (QED) is 0.816. The third-order valence-electron chi connectivity index (χ3n) is 3.59. The van der Waals surface area contributed by atoms with Crippen LogP contribution in [0, 0.1) is 0 Å². The van der Waals surface area contributed by atoms with E-state index in [9.17, 15) is 9.59 Å². The van der Waals surface area contributed by atoms with Crippen LogP contribution in [0.5, 0.6) is 0 Å². The van der Waals surface area contributed by atoms with Gasteiger partial charge < -0.3 is 16.0 Å². The summed E-state index contributed by atoms with van der Waals surface area (Å²) < 4.78 is 3.89. The van der Waals surface area contributed by atoms with E-state index in [2.05, 4.69) is 14.9 Å². The van der Waals surface area contributed by atoms with Crippen LogP contribution in [0.3, 0.4) is 0 Å². The maximum absolute atomic E-state index is 12.8. The summed E-state index contributed by atoms with van der Waals surface area (Å²) in [6, 6.07) is 0.0355. The number of piperidine rings is 1. The van der Waals surface area contributed by atoms with Gasteiger partial charge in [0.25, 0.3) is 5.91 Å². The van der Waals surface area contributed by atoms with Gasteiger partial charge in [0.05, 0.1) is 12.2 Å². The molecule has 1 aliphatic rings. The van der Waals surface area contributed by atoms with Crippen molar-refractivity contribution in [1.82, 2.24) is 19.8 Å². The summed E-state index contributed by atoms with van der Waals surface area (Å²) in [5.74, 6) is -0.559. The molecule has 7 nitrogen and oxygen atoms in total. The van der Waals surface area contributed by atoms with Gasteiger partial charge in [0, 0.05) is 6.04 Å². The van der Waals surface area contributed by atoms with Crippen LogP contribution in [0.2, 0.25) is 0 Å². The Bertz CT molecular complexity index is 510. The molecule has 0 saturated carbocycles. The molecular weight excluding hydrogens is 290 g/mol. The maximum Gasteiger partial charge on any atom is 0.268 e. The molecule has 1 aromatic heterocycles. The van der Waals surface area contributed by atoms with Gasteiger partial charge in [-0.15, -0.1) is 5.10 Å². The van der Waals surface area contributed by atoms with E-state index in [4.69, 9.17) is 5.73 Å². The molecule has 1 aliphatic heterocycles. The highest BCUT2D eigenvalue weighted by atomic mass is 32.1. The molecule has 0 atom stereocenters. The van der Waals surface area contributed by atoms with Gasteiger partial charge in [0.15, 0.2) is 0 Å². The number of carbonyl (C=O) groups is 2. The molecule has 0 aliphatic carbocycles. The van der Waals surface area contributed by atoms with E-state index in [1.807, 2.05) is 13.8 Å². The molecule has 0 aromatic carbocycles. The Balaban J connectivity index is 2.24. The Labute approximate surface area is 128 Å². The molecule has 21 heavy (non-hydrogen) atoms. The average molecular weight is 311 g/mol. The first-order valence-electron chi connectivity index (χ1n) is 7.13. The van der Waals surface area contributed by atoms with E-state index in [1.165, 1.54) is 0 Å². The second-order valence-electron chi connectivity index (χ2n) is 5.52. The zero-order valence-electron chi connectivity index (χ0n) is 12.3. The number of nitrogens with zero attached hydrogens (tertiary/aromatic N) is 3. The van der Waals surface area contributed by atoms with Crippen molar-refractivity contribution >= 4 is 23.3 Å². The summed E-state index contributed by atoms with van der Waals surface area (Å²) in [5, 5.41) is 7.29. The number of amides is 2. The minimum absolute atomic E-state index is 0.0355. The first-order valence-corrected chi connectivity index (χ1v) is 7.90. The van der Waals surface area contributed by atoms with E-state index < -0.39 is 5.91 Å². The Morgan fingerprint density at radius 1 is 1.43 bits per heavy atom.